The summed E-state index contributed by atoms with van der Waals surface area (Å²) in [6.45, 7) is 2.31. The van der Waals surface area contributed by atoms with Crippen molar-refractivity contribution in [1.29, 1.82) is 0 Å². The van der Waals surface area contributed by atoms with Gasteiger partial charge in [-0.2, -0.15) is 0 Å². The van der Waals surface area contributed by atoms with Gasteiger partial charge in [-0.15, -0.1) is 0 Å². The Hall–Kier alpha value is -1.84. The van der Waals surface area contributed by atoms with Crippen LogP contribution in [0.15, 0.2) is 30.3 Å². The fourth-order valence-electron chi connectivity index (χ4n) is 4.78. The van der Waals surface area contributed by atoms with Gasteiger partial charge in [0.1, 0.15) is 0 Å². The topological polar surface area (TPSA) is 40.6 Å². The largest absolute Gasteiger partial charge is 0.343 e. The highest BCUT2D eigenvalue weighted by molar-refractivity contribution is 6.04. The Bertz CT molecular complexity index is 629. The van der Waals surface area contributed by atoms with Gasteiger partial charge >= 0.3 is 0 Å². The molecule has 1 aromatic rings. The zero-order chi connectivity index (χ0) is 17.3. The first-order valence-electron chi connectivity index (χ1n) is 9.83. The van der Waals surface area contributed by atoms with Gasteiger partial charge in [-0.05, 0) is 43.7 Å². The van der Waals surface area contributed by atoms with E-state index in [2.05, 4.69) is 0 Å². The molecular weight excluding hydrogens is 312 g/mol. The fourth-order valence-corrected chi connectivity index (χ4v) is 4.78. The van der Waals surface area contributed by atoms with Crippen molar-refractivity contribution in [1.82, 2.24) is 4.90 Å². The zero-order valence-electron chi connectivity index (χ0n) is 15.0. The quantitative estimate of drug-likeness (QED) is 0.789. The van der Waals surface area contributed by atoms with Crippen LogP contribution in [0.4, 0.5) is 5.69 Å². The number of anilines is 1. The van der Waals surface area contributed by atoms with Crippen molar-refractivity contribution in [3.05, 3.63) is 30.3 Å². The van der Waals surface area contributed by atoms with Crippen molar-refractivity contribution in [3.63, 3.8) is 0 Å². The first-order valence-corrected chi connectivity index (χ1v) is 9.83. The van der Waals surface area contributed by atoms with Gasteiger partial charge in [0.15, 0.2) is 0 Å². The minimum atomic E-state index is -0.211. The molecule has 0 atom stereocenters. The molecule has 0 aromatic heterocycles. The molecule has 25 heavy (non-hydrogen) atoms. The predicted molar refractivity (Wildman–Crippen MR) is 98.2 cm³/mol. The second-order valence-electron chi connectivity index (χ2n) is 8.10. The standard InChI is InChI=1S/C21H28N2O2/c24-19(15-17-7-3-1-4-8-17)22-13-11-21(12-14-22)16-23(20(21)25)18-9-5-2-6-10-18/h2,5-6,9-10,17H,1,3-4,7-8,11-16H2. The normalized spacial score (nSPS) is 23.6. The summed E-state index contributed by atoms with van der Waals surface area (Å²) in [5.41, 5.74) is 0.784. The van der Waals surface area contributed by atoms with Crippen LogP contribution in [0, 0.1) is 11.3 Å². The summed E-state index contributed by atoms with van der Waals surface area (Å²) in [5, 5.41) is 0. The molecule has 0 N–H and O–H groups in total. The molecule has 1 aromatic carbocycles. The number of carbonyl (C=O) groups is 2. The van der Waals surface area contributed by atoms with Gasteiger partial charge in [0.05, 0.1) is 5.41 Å². The Morgan fingerprint density at radius 2 is 1.72 bits per heavy atom. The Labute approximate surface area is 150 Å². The van der Waals surface area contributed by atoms with Gasteiger partial charge in [0.2, 0.25) is 11.8 Å². The molecule has 3 fully saturated rings. The maximum atomic E-state index is 12.8. The molecule has 0 radical (unpaired) electrons. The number of nitrogens with zero attached hydrogens (tertiary/aromatic N) is 2. The third kappa shape index (κ3) is 3.19. The Morgan fingerprint density at radius 3 is 2.36 bits per heavy atom. The van der Waals surface area contributed by atoms with Crippen molar-refractivity contribution in [2.75, 3.05) is 24.5 Å². The van der Waals surface area contributed by atoms with Crippen LogP contribution in [-0.4, -0.2) is 36.3 Å². The van der Waals surface area contributed by atoms with Crippen molar-refractivity contribution in [3.8, 4) is 0 Å². The maximum Gasteiger partial charge on any atom is 0.235 e. The van der Waals surface area contributed by atoms with Gasteiger partial charge in [0, 0.05) is 31.7 Å². The lowest BCUT2D eigenvalue weighted by Gasteiger charge is -2.52. The minimum absolute atomic E-state index is 0.211. The van der Waals surface area contributed by atoms with E-state index in [-0.39, 0.29) is 11.3 Å². The number of benzene rings is 1. The molecular formula is C21H28N2O2. The average Bonchev–Trinajstić information content (AvgIpc) is 2.67. The highest BCUT2D eigenvalue weighted by Gasteiger charge is 2.53. The van der Waals surface area contributed by atoms with Crippen molar-refractivity contribution in [2.24, 2.45) is 11.3 Å². The molecule has 4 heteroatoms. The van der Waals surface area contributed by atoms with E-state index >= 15 is 0 Å². The van der Waals surface area contributed by atoms with E-state index in [1.165, 1.54) is 32.1 Å². The van der Waals surface area contributed by atoms with Gasteiger partial charge < -0.3 is 9.80 Å². The molecule has 0 bridgehead atoms. The molecule has 3 aliphatic rings. The van der Waals surface area contributed by atoms with Crippen LogP contribution >= 0.6 is 0 Å². The van der Waals surface area contributed by atoms with Crippen molar-refractivity contribution < 1.29 is 9.59 Å². The average molecular weight is 340 g/mol. The molecule has 1 saturated carbocycles. The third-order valence-electron chi connectivity index (χ3n) is 6.49. The van der Waals surface area contributed by atoms with Gasteiger partial charge in [-0.25, -0.2) is 0 Å². The van der Waals surface area contributed by atoms with Crippen LogP contribution in [0.1, 0.15) is 51.4 Å². The number of likely N-dealkylation sites (tertiary alicyclic amines) is 1. The molecule has 2 aliphatic heterocycles. The molecule has 2 amide bonds. The first kappa shape index (κ1) is 16.6. The number of β-lactam (4-membered cyclic amide) rings is 1. The molecule has 134 valence electrons. The molecule has 4 nitrogen and oxygen atoms in total. The van der Waals surface area contributed by atoms with E-state index in [1.807, 2.05) is 40.1 Å². The lowest BCUT2D eigenvalue weighted by Crippen LogP contribution is -2.65. The summed E-state index contributed by atoms with van der Waals surface area (Å²) in [6, 6.07) is 9.90. The van der Waals surface area contributed by atoms with E-state index in [9.17, 15) is 9.59 Å². The second kappa shape index (κ2) is 6.81. The van der Waals surface area contributed by atoms with E-state index in [0.29, 0.717) is 11.8 Å². The van der Waals surface area contributed by atoms with E-state index in [4.69, 9.17) is 0 Å². The number of hydrogen-bond acceptors (Lipinski definition) is 2. The molecule has 2 heterocycles. The van der Waals surface area contributed by atoms with Crippen molar-refractivity contribution in [2.45, 2.75) is 51.4 Å². The number of carbonyl (C=O) groups excluding carboxylic acids is 2. The Kier molecular flexibility index (Phi) is 4.53. The lowest BCUT2D eigenvalue weighted by atomic mass is 9.70. The summed E-state index contributed by atoms with van der Waals surface area (Å²) in [6.07, 6.45) is 8.70. The monoisotopic (exact) mass is 340 g/mol. The van der Waals surface area contributed by atoms with Crippen LogP contribution in [0.5, 0.6) is 0 Å². The Balaban J connectivity index is 1.30. The molecule has 2 saturated heterocycles. The van der Waals surface area contributed by atoms with Crippen LogP contribution in [-0.2, 0) is 9.59 Å². The molecule has 0 unspecified atom stereocenters. The minimum Gasteiger partial charge on any atom is -0.343 e. The van der Waals surface area contributed by atoms with Crippen LogP contribution < -0.4 is 4.90 Å². The number of rotatable bonds is 3. The summed E-state index contributed by atoms with van der Waals surface area (Å²) in [4.78, 5) is 29.2. The highest BCUT2D eigenvalue weighted by Crippen LogP contribution is 2.44. The van der Waals surface area contributed by atoms with E-state index in [1.54, 1.807) is 0 Å². The summed E-state index contributed by atoms with van der Waals surface area (Å²) < 4.78 is 0. The predicted octanol–water partition coefficient (Wildman–Crippen LogP) is 3.61. The fraction of sp³-hybridized carbons (Fsp3) is 0.619. The third-order valence-corrected chi connectivity index (χ3v) is 6.49. The first-order chi connectivity index (χ1) is 12.2. The maximum absolute atomic E-state index is 12.8. The molecule has 1 spiro atoms. The van der Waals surface area contributed by atoms with E-state index < -0.39 is 0 Å². The smallest absolute Gasteiger partial charge is 0.235 e. The number of amides is 2. The zero-order valence-corrected chi connectivity index (χ0v) is 15.0. The van der Waals surface area contributed by atoms with Crippen LogP contribution in [0.2, 0.25) is 0 Å². The highest BCUT2D eigenvalue weighted by atomic mass is 16.2. The number of para-hydroxylation sites is 1. The lowest BCUT2D eigenvalue weighted by molar-refractivity contribution is -0.144. The van der Waals surface area contributed by atoms with Gasteiger partial charge in [0.25, 0.3) is 0 Å². The van der Waals surface area contributed by atoms with E-state index in [0.717, 1.165) is 44.6 Å². The van der Waals surface area contributed by atoms with Gasteiger partial charge in [-0.3, -0.25) is 9.59 Å². The molecule has 1 aliphatic carbocycles. The Morgan fingerprint density at radius 1 is 1.04 bits per heavy atom. The summed E-state index contributed by atoms with van der Waals surface area (Å²) in [5.74, 6) is 1.16. The van der Waals surface area contributed by atoms with Crippen LogP contribution in [0.3, 0.4) is 0 Å². The second-order valence-corrected chi connectivity index (χ2v) is 8.10. The van der Waals surface area contributed by atoms with Crippen LogP contribution in [0.25, 0.3) is 0 Å². The molecule has 4 rings (SSSR count). The number of piperidine rings is 1. The SMILES string of the molecule is O=C(CC1CCCCC1)N1CCC2(CC1)CN(c1ccccc1)C2=O. The summed E-state index contributed by atoms with van der Waals surface area (Å²) >= 11 is 0. The van der Waals surface area contributed by atoms with Gasteiger partial charge in [-0.1, -0.05) is 37.5 Å². The summed E-state index contributed by atoms with van der Waals surface area (Å²) in [7, 11) is 0. The van der Waals surface area contributed by atoms with Crippen molar-refractivity contribution >= 4 is 17.5 Å². The number of hydrogen-bond donors (Lipinski definition) is 0.